The number of benzene rings is 2. The van der Waals surface area contributed by atoms with Gasteiger partial charge in [0.05, 0.1) is 17.0 Å². The Morgan fingerprint density at radius 3 is 2.59 bits per heavy atom. The van der Waals surface area contributed by atoms with Gasteiger partial charge in [-0.3, -0.25) is 14.5 Å². The van der Waals surface area contributed by atoms with Crippen molar-refractivity contribution in [2.24, 2.45) is 0 Å². The van der Waals surface area contributed by atoms with Gasteiger partial charge in [0.25, 0.3) is 5.91 Å². The van der Waals surface area contributed by atoms with Crippen molar-refractivity contribution in [3.63, 3.8) is 0 Å². The molecule has 1 fully saturated rings. The molecule has 1 amide bonds. The summed E-state index contributed by atoms with van der Waals surface area (Å²) < 4.78 is 45.2. The third-order valence-corrected chi connectivity index (χ3v) is 5.78. The zero-order valence-corrected chi connectivity index (χ0v) is 17.7. The molecule has 1 aliphatic heterocycles. The normalized spacial score (nSPS) is 15.8. The molecule has 1 N–H and O–H groups in total. The van der Waals surface area contributed by atoms with E-state index in [0.29, 0.717) is 10.6 Å². The monoisotopic (exact) mass is 464 g/mol. The van der Waals surface area contributed by atoms with Crippen molar-refractivity contribution in [1.29, 1.82) is 0 Å². The van der Waals surface area contributed by atoms with Gasteiger partial charge >= 0.3 is 6.18 Å². The molecule has 168 valence electrons. The summed E-state index contributed by atoms with van der Waals surface area (Å²) in [5, 5.41) is 3.34. The number of halogens is 4. The van der Waals surface area contributed by atoms with E-state index in [1.54, 1.807) is 12.1 Å². The lowest BCUT2D eigenvalue weighted by Gasteiger charge is -2.28. The smallest absolute Gasteiger partial charge is 0.416 e. The van der Waals surface area contributed by atoms with Crippen LogP contribution in [0.3, 0.4) is 0 Å². The molecule has 0 saturated carbocycles. The van der Waals surface area contributed by atoms with Gasteiger partial charge in [0.15, 0.2) is 11.2 Å². The fourth-order valence-electron chi connectivity index (χ4n) is 3.95. The minimum atomic E-state index is -4.45. The number of amides is 1. The SMILES string of the molecule is O=C(NC[C@H](c1cccc(C(F)(F)F)c1)N1CCCC1)c1cc(=O)c2cc(Cl)ccc2o1. The predicted molar refractivity (Wildman–Crippen MR) is 115 cm³/mol. The van der Waals surface area contributed by atoms with Crippen LogP contribution in [-0.2, 0) is 6.18 Å². The molecule has 2 heterocycles. The first-order chi connectivity index (χ1) is 15.2. The van der Waals surface area contributed by atoms with Crippen molar-refractivity contribution in [1.82, 2.24) is 10.2 Å². The van der Waals surface area contributed by atoms with E-state index in [-0.39, 0.29) is 23.3 Å². The van der Waals surface area contributed by atoms with E-state index < -0.39 is 29.1 Å². The van der Waals surface area contributed by atoms with Crippen molar-refractivity contribution in [3.8, 4) is 0 Å². The summed E-state index contributed by atoms with van der Waals surface area (Å²) >= 11 is 5.90. The van der Waals surface area contributed by atoms with Crippen molar-refractivity contribution < 1.29 is 22.4 Å². The minimum absolute atomic E-state index is 0.0719. The molecule has 0 spiro atoms. The molecule has 0 aliphatic carbocycles. The van der Waals surface area contributed by atoms with Crippen molar-refractivity contribution in [3.05, 3.63) is 80.7 Å². The molecule has 0 radical (unpaired) electrons. The summed E-state index contributed by atoms with van der Waals surface area (Å²) in [6.07, 6.45) is -2.58. The zero-order chi connectivity index (χ0) is 22.9. The summed E-state index contributed by atoms with van der Waals surface area (Å²) in [7, 11) is 0. The molecule has 0 unspecified atom stereocenters. The number of hydrogen-bond donors (Lipinski definition) is 1. The van der Waals surface area contributed by atoms with Gasteiger partial charge < -0.3 is 9.73 Å². The molecule has 9 heteroatoms. The lowest BCUT2D eigenvalue weighted by atomic mass is 10.0. The second kappa shape index (κ2) is 8.96. The number of rotatable bonds is 5. The van der Waals surface area contributed by atoms with Crippen LogP contribution in [0.2, 0.25) is 5.02 Å². The van der Waals surface area contributed by atoms with Crippen molar-refractivity contribution in [2.75, 3.05) is 19.6 Å². The molecule has 1 saturated heterocycles. The fraction of sp³-hybridized carbons (Fsp3) is 0.304. The summed E-state index contributed by atoms with van der Waals surface area (Å²) in [4.78, 5) is 27.1. The fourth-order valence-corrected chi connectivity index (χ4v) is 4.12. The predicted octanol–water partition coefficient (Wildman–Crippen LogP) is 5.03. The van der Waals surface area contributed by atoms with Crippen LogP contribution in [0.4, 0.5) is 13.2 Å². The average Bonchev–Trinajstić information content (AvgIpc) is 3.28. The van der Waals surface area contributed by atoms with Crippen molar-refractivity contribution >= 4 is 28.5 Å². The first kappa shape index (κ1) is 22.4. The summed E-state index contributed by atoms with van der Waals surface area (Å²) in [6.45, 7) is 1.52. The number of carbonyl (C=O) groups is 1. The number of fused-ring (bicyclic) bond motifs is 1. The lowest BCUT2D eigenvalue weighted by Crippen LogP contribution is -2.37. The molecule has 3 aromatic rings. The Bertz CT molecular complexity index is 1200. The van der Waals surface area contributed by atoms with Crippen LogP contribution in [0.15, 0.2) is 57.7 Å². The minimum Gasteiger partial charge on any atom is -0.451 e. The molecule has 0 bridgehead atoms. The number of nitrogens with one attached hydrogen (secondary N) is 1. The number of nitrogens with zero attached hydrogens (tertiary/aromatic N) is 1. The van der Waals surface area contributed by atoms with E-state index in [4.69, 9.17) is 16.0 Å². The third-order valence-electron chi connectivity index (χ3n) is 5.55. The van der Waals surface area contributed by atoms with Gasteiger partial charge in [0.2, 0.25) is 0 Å². The van der Waals surface area contributed by atoms with Crippen molar-refractivity contribution in [2.45, 2.75) is 25.1 Å². The van der Waals surface area contributed by atoms with Gasteiger partial charge in [0, 0.05) is 17.6 Å². The van der Waals surface area contributed by atoms with E-state index in [9.17, 15) is 22.8 Å². The molecule has 2 aromatic carbocycles. The molecular formula is C23H20ClF3N2O3. The van der Waals surface area contributed by atoms with E-state index >= 15 is 0 Å². The molecule has 32 heavy (non-hydrogen) atoms. The highest BCUT2D eigenvalue weighted by atomic mass is 35.5. The van der Waals surface area contributed by atoms with E-state index in [1.165, 1.54) is 18.2 Å². The Hall–Kier alpha value is -2.84. The van der Waals surface area contributed by atoms with Gasteiger partial charge in [-0.2, -0.15) is 13.2 Å². The maximum absolute atomic E-state index is 13.2. The number of hydrogen-bond acceptors (Lipinski definition) is 4. The van der Waals surface area contributed by atoms with Gasteiger partial charge in [-0.25, -0.2) is 0 Å². The molecule has 1 atom stereocenters. The molecule has 5 nitrogen and oxygen atoms in total. The largest absolute Gasteiger partial charge is 0.451 e. The maximum atomic E-state index is 13.2. The van der Waals surface area contributed by atoms with Gasteiger partial charge in [0.1, 0.15) is 5.58 Å². The second-order valence-electron chi connectivity index (χ2n) is 7.71. The zero-order valence-electron chi connectivity index (χ0n) is 16.9. The van der Waals surface area contributed by atoms with Gasteiger partial charge in [-0.15, -0.1) is 0 Å². The highest BCUT2D eigenvalue weighted by Gasteiger charge is 2.32. The average molecular weight is 465 g/mol. The highest BCUT2D eigenvalue weighted by molar-refractivity contribution is 6.31. The first-order valence-electron chi connectivity index (χ1n) is 10.2. The number of likely N-dealkylation sites (tertiary alicyclic amines) is 1. The highest BCUT2D eigenvalue weighted by Crippen LogP contribution is 2.32. The Kier molecular flexibility index (Phi) is 6.26. The van der Waals surface area contributed by atoms with Crippen LogP contribution < -0.4 is 10.7 Å². The second-order valence-corrected chi connectivity index (χ2v) is 8.14. The standard InChI is InChI=1S/C23H20ClF3N2O3/c24-16-6-7-20-17(11-16)19(30)12-21(32-20)22(31)28-13-18(29-8-1-2-9-29)14-4-3-5-15(10-14)23(25,26)27/h3-7,10-12,18H,1-2,8-9,13H2,(H,28,31)/t18-/m1/s1. The van der Waals surface area contributed by atoms with Crippen LogP contribution in [0, 0.1) is 0 Å². The molecular weight excluding hydrogens is 445 g/mol. The molecule has 4 rings (SSSR count). The third kappa shape index (κ3) is 4.81. The van der Waals surface area contributed by atoms with Gasteiger partial charge in [-0.05, 0) is 61.8 Å². The quantitative estimate of drug-likeness (QED) is 0.575. The first-order valence-corrected chi connectivity index (χ1v) is 10.5. The summed E-state index contributed by atoms with van der Waals surface area (Å²) in [5.74, 6) is -0.788. The molecule has 1 aliphatic rings. The maximum Gasteiger partial charge on any atom is 0.416 e. The Labute approximate surface area is 186 Å². The van der Waals surface area contributed by atoms with E-state index in [1.807, 2.05) is 4.90 Å². The summed E-state index contributed by atoms with van der Waals surface area (Å²) in [5.41, 5.74) is -0.449. The Morgan fingerprint density at radius 2 is 1.88 bits per heavy atom. The van der Waals surface area contributed by atoms with Crippen LogP contribution in [0.25, 0.3) is 11.0 Å². The van der Waals surface area contributed by atoms with Crippen LogP contribution in [0.5, 0.6) is 0 Å². The van der Waals surface area contributed by atoms with Crippen LogP contribution in [-0.4, -0.2) is 30.4 Å². The van der Waals surface area contributed by atoms with Crippen LogP contribution in [0.1, 0.15) is 40.6 Å². The van der Waals surface area contributed by atoms with E-state index in [2.05, 4.69) is 5.32 Å². The summed E-state index contributed by atoms with van der Waals surface area (Å²) in [6, 6.07) is 10.3. The number of alkyl halides is 3. The molecule has 1 aromatic heterocycles. The Morgan fingerprint density at radius 1 is 1.12 bits per heavy atom. The lowest BCUT2D eigenvalue weighted by molar-refractivity contribution is -0.137. The number of carbonyl (C=O) groups excluding carboxylic acids is 1. The topological polar surface area (TPSA) is 62.6 Å². The Balaban J connectivity index is 1.57. The van der Waals surface area contributed by atoms with E-state index in [0.717, 1.165) is 44.1 Å². The van der Waals surface area contributed by atoms with Gasteiger partial charge in [-0.1, -0.05) is 23.7 Å². The van der Waals surface area contributed by atoms with Crippen LogP contribution >= 0.6 is 11.6 Å².